The smallest absolute Gasteiger partial charge is 0.0939 e. The molecule has 0 spiro atoms. The molecule has 0 radical (unpaired) electrons. The van der Waals surface area contributed by atoms with Gasteiger partial charge in [-0.3, -0.25) is 5.26 Å². The van der Waals surface area contributed by atoms with Crippen molar-refractivity contribution in [3.8, 4) is 0 Å². The molecule has 0 fully saturated rings. The molecule has 1 rings (SSSR count). The third-order valence-corrected chi connectivity index (χ3v) is 2.33. The number of hydrogen-bond donors (Lipinski definition) is 1. The largest absolute Gasteiger partial charge is 0.252 e. The van der Waals surface area contributed by atoms with Crippen LogP contribution in [0.2, 0.25) is 0 Å². The van der Waals surface area contributed by atoms with E-state index in [1.54, 1.807) is 0 Å². The first-order chi connectivity index (χ1) is 6.77. The van der Waals surface area contributed by atoms with Crippen molar-refractivity contribution < 1.29 is 10.1 Å². The van der Waals surface area contributed by atoms with Crippen LogP contribution in [0.4, 0.5) is 0 Å². The Hall–Kier alpha value is -0.860. The first-order valence-corrected chi connectivity index (χ1v) is 5.15. The summed E-state index contributed by atoms with van der Waals surface area (Å²) in [5.74, 6) is 0. The molecule has 0 bridgehead atoms. The molecule has 2 heteroatoms. The molecule has 2 nitrogen and oxygen atoms in total. The first-order valence-electron chi connectivity index (χ1n) is 5.15. The Balaban J connectivity index is 2.73. The van der Waals surface area contributed by atoms with E-state index in [4.69, 9.17) is 5.26 Å². The van der Waals surface area contributed by atoms with Gasteiger partial charge in [0.2, 0.25) is 0 Å². The highest BCUT2D eigenvalue weighted by molar-refractivity contribution is 5.27. The van der Waals surface area contributed by atoms with Crippen molar-refractivity contribution in [3.05, 3.63) is 35.4 Å². The van der Waals surface area contributed by atoms with E-state index in [2.05, 4.69) is 30.0 Å². The van der Waals surface area contributed by atoms with Gasteiger partial charge in [0.1, 0.15) is 0 Å². The molecule has 14 heavy (non-hydrogen) atoms. The van der Waals surface area contributed by atoms with Crippen LogP contribution in [0.5, 0.6) is 0 Å². The fraction of sp³-hybridized carbons (Fsp3) is 0.500. The molecule has 0 aliphatic carbocycles. The minimum absolute atomic E-state index is 0.131. The Kier molecular flexibility index (Phi) is 4.63. The van der Waals surface area contributed by atoms with Crippen molar-refractivity contribution in [1.29, 1.82) is 0 Å². The molecule has 0 aliphatic heterocycles. The number of aryl methyl sites for hydroxylation is 1. The van der Waals surface area contributed by atoms with Gasteiger partial charge in [0.05, 0.1) is 6.10 Å². The molecular weight excluding hydrogens is 176 g/mol. The Morgan fingerprint density at radius 3 is 2.50 bits per heavy atom. The lowest BCUT2D eigenvalue weighted by molar-refractivity contribution is -0.273. The average molecular weight is 194 g/mol. The second-order valence-corrected chi connectivity index (χ2v) is 3.64. The molecule has 1 aromatic rings. The van der Waals surface area contributed by atoms with Crippen LogP contribution >= 0.6 is 0 Å². The lowest BCUT2D eigenvalue weighted by Gasteiger charge is -2.11. The van der Waals surface area contributed by atoms with Crippen LogP contribution in [0.3, 0.4) is 0 Å². The topological polar surface area (TPSA) is 29.5 Å². The minimum Gasteiger partial charge on any atom is -0.252 e. The molecule has 1 N–H and O–H groups in total. The zero-order valence-electron chi connectivity index (χ0n) is 8.86. The quantitative estimate of drug-likeness (QED) is 0.576. The highest BCUT2D eigenvalue weighted by atomic mass is 17.1. The Labute approximate surface area is 85.5 Å². The second kappa shape index (κ2) is 5.78. The van der Waals surface area contributed by atoms with Crippen molar-refractivity contribution in [2.75, 3.05) is 0 Å². The summed E-state index contributed by atoms with van der Waals surface area (Å²) < 4.78 is 0. The summed E-state index contributed by atoms with van der Waals surface area (Å²) in [4.78, 5) is 4.29. The minimum atomic E-state index is -0.131. The first kappa shape index (κ1) is 11.2. The Morgan fingerprint density at radius 1 is 1.29 bits per heavy atom. The normalized spacial score (nSPS) is 12.8. The molecule has 1 atom stereocenters. The van der Waals surface area contributed by atoms with Gasteiger partial charge >= 0.3 is 0 Å². The molecule has 0 amide bonds. The summed E-state index contributed by atoms with van der Waals surface area (Å²) in [5.41, 5.74) is 2.63. The second-order valence-electron chi connectivity index (χ2n) is 3.64. The van der Waals surface area contributed by atoms with Gasteiger partial charge in [-0.2, -0.15) is 0 Å². The monoisotopic (exact) mass is 194 g/mol. The van der Waals surface area contributed by atoms with Crippen LogP contribution in [0, 0.1) is 0 Å². The standard InChI is InChI=1S/C12H18O2/c1-3-6-11-7-4-5-8-12(11)9-10(2)14-13/h4-5,7-8,10,13H,3,6,9H2,1-2H3. The van der Waals surface area contributed by atoms with Gasteiger partial charge in [0.15, 0.2) is 0 Å². The molecule has 0 aromatic heterocycles. The third kappa shape index (κ3) is 3.13. The highest BCUT2D eigenvalue weighted by Crippen LogP contribution is 2.13. The van der Waals surface area contributed by atoms with E-state index < -0.39 is 0 Å². The van der Waals surface area contributed by atoms with E-state index in [1.807, 2.05) is 13.0 Å². The maximum atomic E-state index is 8.52. The van der Waals surface area contributed by atoms with Gasteiger partial charge in [0, 0.05) is 6.42 Å². The highest BCUT2D eigenvalue weighted by Gasteiger charge is 2.06. The molecule has 78 valence electrons. The fourth-order valence-corrected chi connectivity index (χ4v) is 1.62. The van der Waals surface area contributed by atoms with E-state index >= 15 is 0 Å². The molecular formula is C12H18O2. The maximum Gasteiger partial charge on any atom is 0.0939 e. The summed E-state index contributed by atoms with van der Waals surface area (Å²) in [5, 5.41) is 8.52. The predicted molar refractivity (Wildman–Crippen MR) is 57.3 cm³/mol. The van der Waals surface area contributed by atoms with Crippen molar-refractivity contribution in [2.45, 2.75) is 39.2 Å². The summed E-state index contributed by atoms with van der Waals surface area (Å²) in [7, 11) is 0. The van der Waals surface area contributed by atoms with Crippen LogP contribution < -0.4 is 0 Å². The van der Waals surface area contributed by atoms with E-state index in [-0.39, 0.29) is 6.10 Å². The molecule has 0 saturated heterocycles. The summed E-state index contributed by atoms with van der Waals surface area (Å²) in [6.45, 7) is 4.03. The zero-order chi connectivity index (χ0) is 10.4. The van der Waals surface area contributed by atoms with Gasteiger partial charge in [-0.05, 0) is 24.5 Å². The fourth-order valence-electron chi connectivity index (χ4n) is 1.62. The van der Waals surface area contributed by atoms with Gasteiger partial charge in [-0.15, -0.1) is 0 Å². The average Bonchev–Trinajstić information content (AvgIpc) is 2.21. The lowest BCUT2D eigenvalue weighted by Crippen LogP contribution is -2.10. The Bertz CT molecular complexity index is 271. The third-order valence-electron chi connectivity index (χ3n) is 2.33. The van der Waals surface area contributed by atoms with Crippen LogP contribution in [0.1, 0.15) is 31.4 Å². The van der Waals surface area contributed by atoms with E-state index in [9.17, 15) is 0 Å². The van der Waals surface area contributed by atoms with Gasteiger partial charge in [-0.1, -0.05) is 37.6 Å². The van der Waals surface area contributed by atoms with Gasteiger partial charge < -0.3 is 0 Å². The lowest BCUT2D eigenvalue weighted by atomic mass is 9.99. The van der Waals surface area contributed by atoms with Crippen LogP contribution in [0.25, 0.3) is 0 Å². The maximum absolute atomic E-state index is 8.52. The van der Waals surface area contributed by atoms with Crippen LogP contribution in [-0.2, 0) is 17.7 Å². The molecule has 0 aliphatic rings. The van der Waals surface area contributed by atoms with Crippen LogP contribution in [-0.4, -0.2) is 11.4 Å². The SMILES string of the molecule is CCCc1ccccc1CC(C)OO. The summed E-state index contributed by atoms with van der Waals surface area (Å²) >= 11 is 0. The molecule has 0 saturated carbocycles. The summed E-state index contributed by atoms with van der Waals surface area (Å²) in [6.07, 6.45) is 2.87. The summed E-state index contributed by atoms with van der Waals surface area (Å²) in [6, 6.07) is 8.32. The van der Waals surface area contributed by atoms with Crippen LogP contribution in [0.15, 0.2) is 24.3 Å². The molecule has 1 unspecified atom stereocenters. The van der Waals surface area contributed by atoms with E-state index in [1.165, 1.54) is 11.1 Å². The van der Waals surface area contributed by atoms with Gasteiger partial charge in [-0.25, -0.2) is 4.89 Å². The number of hydrogen-bond acceptors (Lipinski definition) is 2. The van der Waals surface area contributed by atoms with Crippen molar-refractivity contribution in [2.24, 2.45) is 0 Å². The van der Waals surface area contributed by atoms with Crippen molar-refractivity contribution in [3.63, 3.8) is 0 Å². The van der Waals surface area contributed by atoms with E-state index in [0.29, 0.717) is 0 Å². The van der Waals surface area contributed by atoms with Crippen molar-refractivity contribution in [1.82, 2.24) is 0 Å². The Morgan fingerprint density at radius 2 is 1.93 bits per heavy atom. The zero-order valence-corrected chi connectivity index (χ0v) is 8.86. The van der Waals surface area contributed by atoms with Crippen molar-refractivity contribution >= 4 is 0 Å². The van der Waals surface area contributed by atoms with Gasteiger partial charge in [0.25, 0.3) is 0 Å². The van der Waals surface area contributed by atoms with E-state index in [0.717, 1.165) is 19.3 Å². The molecule has 0 heterocycles. The number of rotatable bonds is 5. The molecule has 1 aromatic carbocycles. The number of benzene rings is 1. The predicted octanol–water partition coefficient (Wildman–Crippen LogP) is 3.06.